The summed E-state index contributed by atoms with van der Waals surface area (Å²) in [6.07, 6.45) is 11.2. The highest BCUT2D eigenvalue weighted by molar-refractivity contribution is 5.93. The summed E-state index contributed by atoms with van der Waals surface area (Å²) in [6, 6.07) is 24.6. The third kappa shape index (κ3) is 19.4. The first-order chi connectivity index (χ1) is 34.1. The Morgan fingerprint density at radius 3 is 1.01 bits per heavy atom. The van der Waals surface area contributed by atoms with Crippen LogP contribution in [0, 0.1) is 0 Å². The fourth-order valence-electron chi connectivity index (χ4n) is 6.70. The van der Waals surface area contributed by atoms with Crippen molar-refractivity contribution in [1.82, 2.24) is 0 Å². The van der Waals surface area contributed by atoms with Crippen LogP contribution in [0.15, 0.2) is 122 Å². The quantitative estimate of drug-likeness (QED) is 0.0157. The minimum absolute atomic E-state index is 0.0748. The second-order valence-electron chi connectivity index (χ2n) is 15.8. The van der Waals surface area contributed by atoms with Gasteiger partial charge in [0.2, 0.25) is 0 Å². The smallest absolute Gasteiger partial charge is 0.343 e. The van der Waals surface area contributed by atoms with Gasteiger partial charge in [0.05, 0.1) is 61.9 Å². The maximum absolute atomic E-state index is 13.1. The number of benzene rings is 4. The fourth-order valence-corrected chi connectivity index (χ4v) is 6.70. The van der Waals surface area contributed by atoms with Gasteiger partial charge in [-0.05, 0) is 123 Å². The number of rotatable bonds is 30. The molecule has 0 amide bonds. The lowest BCUT2D eigenvalue weighted by Crippen LogP contribution is -2.44. The summed E-state index contributed by atoms with van der Waals surface area (Å²) in [4.78, 5) is 73.9. The monoisotopic (exact) mass is 964 g/mol. The molecule has 0 aliphatic carbocycles. The number of hydrogen-bond donors (Lipinski definition) is 0. The van der Waals surface area contributed by atoms with E-state index in [2.05, 4.69) is 13.2 Å². The van der Waals surface area contributed by atoms with Crippen LogP contribution >= 0.6 is 0 Å². The molecule has 16 nitrogen and oxygen atoms in total. The van der Waals surface area contributed by atoms with Crippen molar-refractivity contribution in [2.75, 3.05) is 39.6 Å². The van der Waals surface area contributed by atoms with Crippen molar-refractivity contribution in [3.05, 3.63) is 145 Å². The summed E-state index contributed by atoms with van der Waals surface area (Å²) in [5.74, 6) is -1.96. The van der Waals surface area contributed by atoms with Gasteiger partial charge in [0, 0.05) is 12.2 Å². The number of unbranched alkanes of at least 4 members (excludes halogenated alkanes) is 10. The molecular formula is C54H60O16. The molecule has 0 radical (unpaired) electrons. The highest BCUT2D eigenvalue weighted by Crippen LogP contribution is 2.23. The van der Waals surface area contributed by atoms with E-state index in [0.29, 0.717) is 49.1 Å². The van der Waals surface area contributed by atoms with Gasteiger partial charge in [-0.1, -0.05) is 64.5 Å². The normalized spacial score (nSPS) is 14.0. The summed E-state index contributed by atoms with van der Waals surface area (Å²) in [7, 11) is 0. The van der Waals surface area contributed by atoms with Crippen molar-refractivity contribution in [3.63, 3.8) is 0 Å². The van der Waals surface area contributed by atoms with E-state index >= 15 is 0 Å². The fraction of sp³-hybridized carbons (Fsp3) is 0.370. The topological polar surface area (TPSA) is 195 Å². The molecule has 0 aromatic heterocycles. The minimum Gasteiger partial charge on any atom is -0.494 e. The third-order valence-corrected chi connectivity index (χ3v) is 10.5. The van der Waals surface area contributed by atoms with Gasteiger partial charge >= 0.3 is 35.8 Å². The second kappa shape index (κ2) is 30.2. The van der Waals surface area contributed by atoms with Crippen LogP contribution in [0.4, 0.5) is 0 Å². The van der Waals surface area contributed by atoms with Gasteiger partial charge in [0.15, 0.2) is 0 Å². The van der Waals surface area contributed by atoms with Crippen LogP contribution in [0.2, 0.25) is 0 Å². The van der Waals surface area contributed by atoms with Crippen molar-refractivity contribution >= 4 is 35.8 Å². The van der Waals surface area contributed by atoms with Gasteiger partial charge in [-0.3, -0.25) is 0 Å². The minimum atomic E-state index is -1.38. The Morgan fingerprint density at radius 2 is 0.686 bits per heavy atom. The first-order valence-corrected chi connectivity index (χ1v) is 23.5. The van der Waals surface area contributed by atoms with Crippen LogP contribution in [0.3, 0.4) is 0 Å². The predicted molar refractivity (Wildman–Crippen MR) is 255 cm³/mol. The molecule has 4 aromatic carbocycles. The Labute approximate surface area is 407 Å². The standard InChI is InChI=1S/C54H60O16/c1-3-47(55)63-35-15-11-7-5-9-13-33-61-43-25-17-39(18-26-43)49(57)67-45-29-21-41(22-30-45)51(59)69-53-54(66-38-37-65-53)70-52(60)42-23-31-46(32-24-42)68-50(58)40-19-27-44(28-20-40)62-34-14-10-6-8-12-16-36-64-48(56)4-2/h3-4,17-32,53-54H,1-2,5-16,33-38H2/t53-,54-/m0/s1. The average Bonchev–Trinajstić information content (AvgIpc) is 3.38. The molecule has 0 bridgehead atoms. The lowest BCUT2D eigenvalue weighted by molar-refractivity contribution is -0.288. The lowest BCUT2D eigenvalue weighted by Gasteiger charge is -2.30. The number of hydrogen-bond acceptors (Lipinski definition) is 16. The molecule has 1 fully saturated rings. The zero-order valence-electron chi connectivity index (χ0n) is 39.2. The first kappa shape index (κ1) is 53.7. The Balaban J connectivity index is 0.971. The summed E-state index contributed by atoms with van der Waals surface area (Å²) in [5, 5.41) is 0. The Bertz CT molecular complexity index is 2130. The molecule has 1 aliphatic rings. The zero-order chi connectivity index (χ0) is 49.8. The maximum atomic E-state index is 13.1. The zero-order valence-corrected chi connectivity index (χ0v) is 39.2. The second-order valence-corrected chi connectivity index (χ2v) is 15.8. The van der Waals surface area contributed by atoms with Crippen molar-refractivity contribution in [2.24, 2.45) is 0 Å². The Hall–Kier alpha value is -7.30. The molecule has 0 N–H and O–H groups in total. The molecule has 372 valence electrons. The molecule has 0 saturated carbocycles. The van der Waals surface area contributed by atoms with Crippen molar-refractivity contribution in [2.45, 2.75) is 89.6 Å². The Morgan fingerprint density at radius 1 is 0.400 bits per heavy atom. The summed E-state index contributed by atoms with van der Waals surface area (Å²) in [5.41, 5.74) is 0.838. The molecule has 4 aromatic rings. The van der Waals surface area contributed by atoms with E-state index in [-0.39, 0.29) is 35.8 Å². The van der Waals surface area contributed by atoms with Crippen LogP contribution < -0.4 is 18.9 Å². The Kier molecular flexibility index (Phi) is 23.2. The van der Waals surface area contributed by atoms with E-state index in [4.69, 9.17) is 47.4 Å². The molecule has 1 heterocycles. The van der Waals surface area contributed by atoms with Gasteiger partial charge in [-0.2, -0.15) is 0 Å². The summed E-state index contributed by atoms with van der Waals surface area (Å²) >= 11 is 0. The SMILES string of the molecule is C=CC(=O)OCCCCCCCCOc1ccc(C(=O)Oc2ccc(C(=O)O[C@@H]3OCCO[C@H]3OC(=O)c3ccc(OC(=O)c4ccc(OCCCCCCCCOC(=O)C=C)cc4)cc3)cc2)cc1. The summed E-state index contributed by atoms with van der Waals surface area (Å²) < 4.78 is 54.6. The molecular weight excluding hydrogens is 905 g/mol. The van der Waals surface area contributed by atoms with E-state index < -0.39 is 48.4 Å². The van der Waals surface area contributed by atoms with Crippen LogP contribution in [0.1, 0.15) is 118 Å². The van der Waals surface area contributed by atoms with Crippen molar-refractivity contribution in [1.29, 1.82) is 0 Å². The van der Waals surface area contributed by atoms with Crippen LogP contribution in [-0.2, 0) is 38.0 Å². The number of esters is 6. The average molecular weight is 965 g/mol. The highest BCUT2D eigenvalue weighted by Gasteiger charge is 2.34. The lowest BCUT2D eigenvalue weighted by atomic mass is 10.1. The maximum Gasteiger partial charge on any atom is 0.343 e. The van der Waals surface area contributed by atoms with Gasteiger partial charge in [0.25, 0.3) is 12.6 Å². The molecule has 0 unspecified atom stereocenters. The molecule has 0 spiro atoms. The van der Waals surface area contributed by atoms with Crippen LogP contribution in [-0.4, -0.2) is 88.0 Å². The largest absolute Gasteiger partial charge is 0.494 e. The van der Waals surface area contributed by atoms with Gasteiger partial charge in [-0.25, -0.2) is 28.8 Å². The van der Waals surface area contributed by atoms with E-state index in [0.717, 1.165) is 89.2 Å². The van der Waals surface area contributed by atoms with Crippen LogP contribution in [0.5, 0.6) is 23.0 Å². The molecule has 1 saturated heterocycles. The highest BCUT2D eigenvalue weighted by atomic mass is 16.8. The molecule has 5 rings (SSSR count). The third-order valence-electron chi connectivity index (χ3n) is 10.5. The van der Waals surface area contributed by atoms with E-state index in [1.54, 1.807) is 48.5 Å². The van der Waals surface area contributed by atoms with E-state index in [1.165, 1.54) is 48.5 Å². The summed E-state index contributed by atoms with van der Waals surface area (Å²) in [6.45, 7) is 8.79. The number of carbonyl (C=O) groups is 6. The van der Waals surface area contributed by atoms with Crippen LogP contribution in [0.25, 0.3) is 0 Å². The van der Waals surface area contributed by atoms with E-state index in [9.17, 15) is 28.8 Å². The number of carbonyl (C=O) groups excluding carboxylic acids is 6. The van der Waals surface area contributed by atoms with Crippen molar-refractivity contribution < 1.29 is 76.1 Å². The first-order valence-electron chi connectivity index (χ1n) is 23.5. The van der Waals surface area contributed by atoms with Gasteiger partial charge in [0.1, 0.15) is 23.0 Å². The van der Waals surface area contributed by atoms with Gasteiger partial charge in [-0.15, -0.1) is 0 Å². The molecule has 2 atom stereocenters. The van der Waals surface area contributed by atoms with Gasteiger partial charge < -0.3 is 47.4 Å². The predicted octanol–water partition coefficient (Wildman–Crippen LogP) is 9.73. The molecule has 70 heavy (non-hydrogen) atoms. The number of ether oxygens (including phenoxy) is 10. The molecule has 16 heteroatoms. The molecule has 1 aliphatic heterocycles. The van der Waals surface area contributed by atoms with Crippen molar-refractivity contribution in [3.8, 4) is 23.0 Å². The van der Waals surface area contributed by atoms with E-state index in [1.807, 2.05) is 0 Å².